The van der Waals surface area contributed by atoms with E-state index in [4.69, 9.17) is 0 Å². The fourth-order valence-electron chi connectivity index (χ4n) is 1.60. The second-order valence-electron chi connectivity index (χ2n) is 3.39. The van der Waals surface area contributed by atoms with Crippen LogP contribution < -0.4 is 0 Å². The molecule has 0 aromatic heterocycles. The van der Waals surface area contributed by atoms with E-state index in [0.29, 0.717) is 0 Å². The molecule has 1 aliphatic rings. The maximum atomic E-state index is 2.48. The van der Waals surface area contributed by atoms with E-state index in [1.54, 1.807) is 9.45 Å². The van der Waals surface area contributed by atoms with Gasteiger partial charge in [-0.05, 0) is 0 Å². The van der Waals surface area contributed by atoms with Crippen LogP contribution in [0.15, 0.2) is 21.6 Å². The minimum atomic E-state index is 0. The Kier molecular flexibility index (Phi) is 17.3. The SMILES string of the molecule is CCN(CC)CCC1=[C]([Ti])CC=C1.Cl.Cl.Cl. The molecule has 0 heterocycles. The van der Waals surface area contributed by atoms with Crippen molar-refractivity contribution in [1.29, 1.82) is 0 Å². The number of nitrogens with zero attached hydrogens (tertiary/aromatic N) is 1. The Balaban J connectivity index is -0.000000563. The number of allylic oxidation sites excluding steroid dienone is 3. The van der Waals surface area contributed by atoms with Crippen LogP contribution in [0.1, 0.15) is 26.7 Å². The summed E-state index contributed by atoms with van der Waals surface area (Å²) in [7, 11) is 0. The molecular weight excluding hydrogens is 300 g/mol. The predicted molar refractivity (Wildman–Crippen MR) is 74.9 cm³/mol. The second-order valence-corrected chi connectivity index (χ2v) is 4.33. The van der Waals surface area contributed by atoms with Crippen LogP contribution in [0.5, 0.6) is 0 Å². The van der Waals surface area contributed by atoms with Gasteiger partial charge in [-0.2, -0.15) is 0 Å². The number of halogens is 3. The first-order chi connectivity index (χ1) is 6.27. The number of hydrogen-bond acceptors (Lipinski definition) is 1. The Morgan fingerprint density at radius 2 is 1.75 bits per heavy atom. The van der Waals surface area contributed by atoms with Gasteiger partial charge < -0.3 is 0 Å². The van der Waals surface area contributed by atoms with E-state index in [0.717, 1.165) is 0 Å². The Hall–Kier alpha value is 1.02. The molecule has 0 atom stereocenters. The third kappa shape index (κ3) is 7.37. The molecule has 5 heteroatoms. The average molecular weight is 322 g/mol. The van der Waals surface area contributed by atoms with Crippen molar-refractivity contribution in [2.24, 2.45) is 0 Å². The van der Waals surface area contributed by atoms with Crippen molar-refractivity contribution in [3.63, 3.8) is 0 Å². The van der Waals surface area contributed by atoms with E-state index in [1.165, 1.54) is 32.5 Å². The van der Waals surface area contributed by atoms with Gasteiger partial charge in [0.05, 0.1) is 0 Å². The molecule has 16 heavy (non-hydrogen) atoms. The van der Waals surface area contributed by atoms with Crippen LogP contribution in [-0.4, -0.2) is 24.5 Å². The molecule has 1 nitrogen and oxygen atoms in total. The van der Waals surface area contributed by atoms with Gasteiger partial charge in [0.2, 0.25) is 0 Å². The molecule has 1 aliphatic carbocycles. The van der Waals surface area contributed by atoms with Crippen LogP contribution >= 0.6 is 37.2 Å². The standard InChI is InChI=1S/C11H18N.3ClH.Ti/c1-3-12(4-2)10-9-11-7-5-6-8-11;;;;/h5,7H,3-4,6,9-10H2,1-2H3;3*1H;. The third-order valence-electron chi connectivity index (χ3n) is 2.62. The molecule has 1 rings (SSSR count). The second kappa shape index (κ2) is 12.5. The van der Waals surface area contributed by atoms with Crippen molar-refractivity contribution in [2.75, 3.05) is 19.6 Å². The molecule has 0 aliphatic heterocycles. The van der Waals surface area contributed by atoms with Crippen LogP contribution in [0, 0.1) is 0 Å². The van der Waals surface area contributed by atoms with E-state index in [2.05, 4.69) is 51.3 Å². The van der Waals surface area contributed by atoms with Crippen molar-refractivity contribution in [3.8, 4) is 0 Å². The van der Waals surface area contributed by atoms with Crippen LogP contribution in [0.2, 0.25) is 0 Å². The summed E-state index contributed by atoms with van der Waals surface area (Å²) in [6, 6.07) is 0. The van der Waals surface area contributed by atoms with Gasteiger partial charge >= 0.3 is 93.3 Å². The van der Waals surface area contributed by atoms with Gasteiger partial charge in [0.1, 0.15) is 0 Å². The van der Waals surface area contributed by atoms with Gasteiger partial charge in [0.15, 0.2) is 0 Å². The van der Waals surface area contributed by atoms with Gasteiger partial charge in [0.25, 0.3) is 0 Å². The van der Waals surface area contributed by atoms with Gasteiger partial charge in [-0.3, -0.25) is 0 Å². The molecule has 0 saturated heterocycles. The summed E-state index contributed by atoms with van der Waals surface area (Å²) in [4.78, 5) is 2.48. The quantitative estimate of drug-likeness (QED) is 0.697. The van der Waals surface area contributed by atoms with E-state index in [1.807, 2.05) is 0 Å². The predicted octanol–water partition coefficient (Wildman–Crippen LogP) is 3.74. The minimum Gasteiger partial charge on any atom is -0.147 e. The Bertz CT molecular complexity index is 225. The first-order valence-electron chi connectivity index (χ1n) is 5.10. The third-order valence-corrected chi connectivity index (χ3v) is 3.44. The molecule has 0 saturated carbocycles. The maximum absolute atomic E-state index is 2.48. The zero-order valence-electron chi connectivity index (χ0n) is 9.86. The molecule has 0 amide bonds. The van der Waals surface area contributed by atoms with Crippen LogP contribution in [0.25, 0.3) is 0 Å². The number of hydrogen-bond donors (Lipinski definition) is 0. The molecule has 0 unspecified atom stereocenters. The zero-order valence-corrected chi connectivity index (χ0v) is 13.9. The normalized spacial score (nSPS) is 13.1. The Labute approximate surface area is 130 Å². The van der Waals surface area contributed by atoms with Crippen molar-refractivity contribution >= 4 is 37.2 Å². The molecule has 0 bridgehead atoms. The van der Waals surface area contributed by atoms with Crippen molar-refractivity contribution in [3.05, 3.63) is 21.6 Å². The summed E-state index contributed by atoms with van der Waals surface area (Å²) in [5.74, 6) is 0. The first-order valence-corrected chi connectivity index (χ1v) is 5.88. The van der Waals surface area contributed by atoms with E-state index in [9.17, 15) is 0 Å². The summed E-state index contributed by atoms with van der Waals surface area (Å²) in [6.07, 6.45) is 6.96. The van der Waals surface area contributed by atoms with Crippen molar-refractivity contribution in [1.82, 2.24) is 4.90 Å². The molecule has 0 spiro atoms. The van der Waals surface area contributed by atoms with E-state index < -0.39 is 0 Å². The first kappa shape index (κ1) is 22.2. The molecule has 95 valence electrons. The Morgan fingerprint density at radius 3 is 2.12 bits per heavy atom. The monoisotopic (exact) mass is 320 g/mol. The molecule has 0 N–H and O–H groups in total. The largest absolute Gasteiger partial charge is 0.147 e. The van der Waals surface area contributed by atoms with Gasteiger partial charge in [-0.25, -0.2) is 0 Å². The summed E-state index contributed by atoms with van der Waals surface area (Å²) < 4.78 is 1.56. The summed E-state index contributed by atoms with van der Waals surface area (Å²) in [6.45, 7) is 8.02. The molecule has 0 radical (unpaired) electrons. The minimum absolute atomic E-state index is 0. The van der Waals surface area contributed by atoms with E-state index >= 15 is 0 Å². The number of rotatable bonds is 5. The van der Waals surface area contributed by atoms with Gasteiger partial charge in [0, 0.05) is 0 Å². The Morgan fingerprint density at radius 1 is 1.19 bits per heavy atom. The van der Waals surface area contributed by atoms with Crippen LogP contribution in [0.3, 0.4) is 0 Å². The van der Waals surface area contributed by atoms with E-state index in [-0.39, 0.29) is 37.2 Å². The zero-order chi connectivity index (χ0) is 9.68. The van der Waals surface area contributed by atoms with Crippen LogP contribution in [0.4, 0.5) is 0 Å². The molecule has 0 aromatic rings. The summed E-state index contributed by atoms with van der Waals surface area (Å²) in [5, 5.41) is 0. The topological polar surface area (TPSA) is 3.24 Å². The summed E-state index contributed by atoms with van der Waals surface area (Å²) >= 11 is 2.25. The fourth-order valence-corrected chi connectivity index (χ4v) is 2.11. The van der Waals surface area contributed by atoms with Gasteiger partial charge in [-0.15, -0.1) is 37.2 Å². The molecule has 0 fully saturated rings. The molecule has 0 aromatic carbocycles. The smallest absolute Gasteiger partial charge is 0.147 e. The van der Waals surface area contributed by atoms with Crippen molar-refractivity contribution < 1.29 is 20.4 Å². The fraction of sp³-hybridized carbons (Fsp3) is 0.636. The summed E-state index contributed by atoms with van der Waals surface area (Å²) in [5.41, 5.74) is 1.56. The average Bonchev–Trinajstić information content (AvgIpc) is 2.54. The van der Waals surface area contributed by atoms with Crippen LogP contribution in [-0.2, 0) is 20.4 Å². The van der Waals surface area contributed by atoms with Crippen molar-refractivity contribution in [2.45, 2.75) is 26.7 Å². The molecular formula is C11H21Cl3NTi. The maximum Gasteiger partial charge on any atom is -0.147 e. The van der Waals surface area contributed by atoms with Gasteiger partial charge in [-0.1, -0.05) is 0 Å².